The van der Waals surface area contributed by atoms with Gasteiger partial charge in [-0.3, -0.25) is 4.79 Å². The van der Waals surface area contributed by atoms with E-state index in [1.165, 1.54) is 0 Å². The predicted molar refractivity (Wildman–Crippen MR) is 60.8 cm³/mol. The first-order valence-electron chi connectivity index (χ1n) is 5.37. The van der Waals surface area contributed by atoms with Crippen molar-refractivity contribution in [1.82, 2.24) is 5.32 Å². The van der Waals surface area contributed by atoms with Crippen LogP contribution >= 0.6 is 11.8 Å². The molecule has 1 atom stereocenters. The van der Waals surface area contributed by atoms with Crippen LogP contribution in [0.2, 0.25) is 0 Å². The van der Waals surface area contributed by atoms with Crippen LogP contribution in [0.4, 0.5) is 0 Å². The minimum atomic E-state index is -0.486. The Kier molecular flexibility index (Phi) is 3.23. The maximum atomic E-state index is 11.6. The fraction of sp³-hybridized carbons (Fsp3) is 0.900. The van der Waals surface area contributed by atoms with Gasteiger partial charge in [-0.25, -0.2) is 0 Å². The van der Waals surface area contributed by atoms with Crippen molar-refractivity contribution in [2.45, 2.75) is 23.6 Å². The molecule has 0 aromatic carbocycles. The molecular weight excluding hydrogens is 212 g/mol. The average molecular weight is 230 g/mol. The second-order valence-electron chi connectivity index (χ2n) is 4.33. The Hall–Kier alpha value is -0.260. The molecule has 0 spiro atoms. The lowest BCUT2D eigenvalue weighted by molar-refractivity contribution is -0.124. The van der Waals surface area contributed by atoms with E-state index in [1.807, 2.05) is 7.05 Å². The zero-order valence-corrected chi connectivity index (χ0v) is 9.81. The molecule has 1 amide bonds. The van der Waals surface area contributed by atoms with E-state index < -0.39 is 5.54 Å². The zero-order valence-electron chi connectivity index (χ0n) is 8.99. The standard InChI is InChI=1S/C10H18N2O2S/c1-12-10(9(11)13,7-2-3-7)6-15-8-4-14-5-8/h7-8,12H,2-6H2,1H3,(H2,11,13). The van der Waals surface area contributed by atoms with Crippen molar-refractivity contribution < 1.29 is 9.53 Å². The minimum absolute atomic E-state index is 0.208. The Morgan fingerprint density at radius 3 is 2.60 bits per heavy atom. The number of ether oxygens (including phenoxy) is 1. The number of hydrogen-bond acceptors (Lipinski definition) is 4. The highest BCUT2D eigenvalue weighted by Gasteiger charge is 2.49. The van der Waals surface area contributed by atoms with Crippen LogP contribution in [-0.4, -0.2) is 42.7 Å². The first-order chi connectivity index (χ1) is 7.19. The van der Waals surface area contributed by atoms with E-state index in [2.05, 4.69) is 5.32 Å². The fourth-order valence-corrected chi connectivity index (χ4v) is 3.33. The SMILES string of the molecule is CNC(CSC1COC1)(C(N)=O)C1CC1. The fourth-order valence-electron chi connectivity index (χ4n) is 1.93. The van der Waals surface area contributed by atoms with Crippen LogP contribution in [0.25, 0.3) is 0 Å². The van der Waals surface area contributed by atoms with Gasteiger partial charge in [0.15, 0.2) is 0 Å². The predicted octanol–water partition coefficient (Wildman–Crippen LogP) is -0.0281. The Morgan fingerprint density at radius 1 is 1.60 bits per heavy atom. The van der Waals surface area contributed by atoms with Crippen LogP contribution in [0.5, 0.6) is 0 Å². The third-order valence-electron chi connectivity index (χ3n) is 3.31. The molecular formula is C10H18N2O2S. The normalized spacial score (nSPS) is 25.7. The molecule has 0 aromatic rings. The van der Waals surface area contributed by atoms with E-state index in [4.69, 9.17) is 10.5 Å². The molecule has 1 saturated carbocycles. The van der Waals surface area contributed by atoms with Gasteiger partial charge in [0.1, 0.15) is 5.54 Å². The number of carbonyl (C=O) groups excluding carboxylic acids is 1. The lowest BCUT2D eigenvalue weighted by Crippen LogP contribution is -2.58. The maximum Gasteiger partial charge on any atom is 0.238 e. The van der Waals surface area contributed by atoms with Crippen molar-refractivity contribution in [3.63, 3.8) is 0 Å². The molecule has 1 heterocycles. The number of rotatable bonds is 6. The smallest absolute Gasteiger partial charge is 0.238 e. The first kappa shape index (κ1) is 11.2. The molecule has 0 bridgehead atoms. The minimum Gasteiger partial charge on any atom is -0.379 e. The van der Waals surface area contributed by atoms with Crippen LogP contribution in [0.3, 0.4) is 0 Å². The van der Waals surface area contributed by atoms with Crippen molar-refractivity contribution in [3.05, 3.63) is 0 Å². The third-order valence-corrected chi connectivity index (χ3v) is 4.68. The van der Waals surface area contributed by atoms with E-state index in [-0.39, 0.29) is 5.91 Å². The highest BCUT2D eigenvalue weighted by molar-refractivity contribution is 8.00. The van der Waals surface area contributed by atoms with E-state index in [0.717, 1.165) is 31.8 Å². The molecule has 3 N–H and O–H groups in total. The quantitative estimate of drug-likeness (QED) is 0.672. The Bertz CT molecular complexity index is 254. The Balaban J connectivity index is 1.93. The summed E-state index contributed by atoms with van der Waals surface area (Å²) in [6.45, 7) is 1.63. The summed E-state index contributed by atoms with van der Waals surface area (Å²) >= 11 is 1.80. The average Bonchev–Trinajstić information content (AvgIpc) is 2.92. The lowest BCUT2D eigenvalue weighted by atomic mass is 9.95. The second kappa shape index (κ2) is 4.31. The van der Waals surface area contributed by atoms with Gasteiger partial charge in [-0.15, -0.1) is 0 Å². The van der Waals surface area contributed by atoms with Gasteiger partial charge < -0.3 is 15.8 Å². The van der Waals surface area contributed by atoms with Crippen molar-refractivity contribution in [3.8, 4) is 0 Å². The van der Waals surface area contributed by atoms with Gasteiger partial charge in [0.2, 0.25) is 5.91 Å². The third kappa shape index (κ3) is 2.14. The van der Waals surface area contributed by atoms with Gasteiger partial charge in [0.05, 0.1) is 18.5 Å². The molecule has 2 aliphatic rings. The Morgan fingerprint density at radius 2 is 2.27 bits per heavy atom. The number of hydrogen-bond donors (Lipinski definition) is 2. The molecule has 2 fully saturated rings. The summed E-state index contributed by atoms with van der Waals surface area (Å²) in [6, 6.07) is 0. The monoisotopic (exact) mass is 230 g/mol. The van der Waals surface area contributed by atoms with Gasteiger partial charge in [0.25, 0.3) is 0 Å². The summed E-state index contributed by atoms with van der Waals surface area (Å²) < 4.78 is 5.11. The van der Waals surface area contributed by atoms with Crippen LogP contribution in [0.15, 0.2) is 0 Å². The first-order valence-corrected chi connectivity index (χ1v) is 6.42. The van der Waals surface area contributed by atoms with Crippen molar-refractivity contribution >= 4 is 17.7 Å². The second-order valence-corrected chi connectivity index (χ2v) is 5.62. The summed E-state index contributed by atoms with van der Waals surface area (Å²) in [7, 11) is 1.83. The van der Waals surface area contributed by atoms with Crippen molar-refractivity contribution in [2.75, 3.05) is 26.0 Å². The van der Waals surface area contributed by atoms with Gasteiger partial charge in [0, 0.05) is 5.75 Å². The zero-order chi connectivity index (χ0) is 10.9. The highest BCUT2D eigenvalue weighted by atomic mass is 32.2. The van der Waals surface area contributed by atoms with E-state index in [1.54, 1.807) is 11.8 Å². The molecule has 1 aliphatic heterocycles. The number of amides is 1. The largest absolute Gasteiger partial charge is 0.379 e. The van der Waals surface area contributed by atoms with E-state index >= 15 is 0 Å². The molecule has 5 heteroatoms. The molecule has 86 valence electrons. The van der Waals surface area contributed by atoms with Crippen molar-refractivity contribution in [2.24, 2.45) is 11.7 Å². The summed E-state index contributed by atoms with van der Waals surface area (Å²) in [5, 5.41) is 3.70. The van der Waals surface area contributed by atoms with Crippen LogP contribution in [-0.2, 0) is 9.53 Å². The molecule has 15 heavy (non-hydrogen) atoms. The number of primary amides is 1. The van der Waals surface area contributed by atoms with E-state index in [9.17, 15) is 4.79 Å². The molecule has 4 nitrogen and oxygen atoms in total. The number of thioether (sulfide) groups is 1. The van der Waals surface area contributed by atoms with Gasteiger partial charge in [-0.05, 0) is 25.8 Å². The van der Waals surface area contributed by atoms with Gasteiger partial charge in [-0.2, -0.15) is 11.8 Å². The molecule has 1 unspecified atom stereocenters. The molecule has 0 aromatic heterocycles. The lowest BCUT2D eigenvalue weighted by Gasteiger charge is -2.33. The molecule has 0 radical (unpaired) electrons. The van der Waals surface area contributed by atoms with Gasteiger partial charge >= 0.3 is 0 Å². The number of carbonyl (C=O) groups is 1. The summed E-state index contributed by atoms with van der Waals surface area (Å²) in [5.41, 5.74) is 5.04. The summed E-state index contributed by atoms with van der Waals surface area (Å²) in [5.74, 6) is 1.01. The van der Waals surface area contributed by atoms with Crippen LogP contribution in [0.1, 0.15) is 12.8 Å². The topological polar surface area (TPSA) is 64.3 Å². The number of nitrogens with two attached hydrogens (primary N) is 1. The van der Waals surface area contributed by atoms with Crippen LogP contribution < -0.4 is 11.1 Å². The molecule has 1 aliphatic carbocycles. The van der Waals surface area contributed by atoms with Crippen LogP contribution in [0, 0.1) is 5.92 Å². The summed E-state index contributed by atoms with van der Waals surface area (Å²) in [4.78, 5) is 11.6. The van der Waals surface area contributed by atoms with Crippen molar-refractivity contribution in [1.29, 1.82) is 0 Å². The van der Waals surface area contributed by atoms with E-state index in [0.29, 0.717) is 11.2 Å². The maximum absolute atomic E-state index is 11.6. The molecule has 1 saturated heterocycles. The molecule has 2 rings (SSSR count). The highest BCUT2D eigenvalue weighted by Crippen LogP contribution is 2.42. The Labute approximate surface area is 94.3 Å². The number of likely N-dealkylation sites (N-methyl/N-ethyl adjacent to an activating group) is 1. The number of nitrogens with one attached hydrogen (secondary N) is 1. The summed E-state index contributed by atoms with van der Waals surface area (Å²) in [6.07, 6.45) is 2.23. The van der Waals surface area contributed by atoms with Gasteiger partial charge in [-0.1, -0.05) is 0 Å².